The van der Waals surface area contributed by atoms with Crippen molar-refractivity contribution >= 4 is 11.7 Å². The van der Waals surface area contributed by atoms with Crippen molar-refractivity contribution in [3.8, 4) is 0 Å². The first-order valence-electron chi connectivity index (χ1n) is 6.37. The monoisotopic (exact) mass is 273 g/mol. The largest absolute Gasteiger partial charge is 0.383 e. The molecule has 0 saturated carbocycles. The topological polar surface area (TPSA) is 68.0 Å². The van der Waals surface area contributed by atoms with Crippen LogP contribution in [0.3, 0.4) is 0 Å². The first kappa shape index (κ1) is 14.0. The number of hydrogen-bond donors (Lipinski definition) is 2. The molecule has 2 rings (SSSR count). The number of hydrogen-bond acceptors (Lipinski definition) is 3. The molecule has 0 saturated heterocycles. The predicted octanol–water partition coefficient (Wildman–Crippen LogP) is 2.30. The van der Waals surface area contributed by atoms with E-state index in [9.17, 15) is 9.18 Å². The minimum absolute atomic E-state index is 0.0187. The van der Waals surface area contributed by atoms with Gasteiger partial charge in [0.15, 0.2) is 0 Å². The zero-order valence-corrected chi connectivity index (χ0v) is 11.2. The van der Waals surface area contributed by atoms with Gasteiger partial charge in [0.25, 0.3) is 5.91 Å². The summed E-state index contributed by atoms with van der Waals surface area (Å²) in [6.45, 7) is 2.44. The number of nitrogen functional groups attached to an aromatic ring is 1. The van der Waals surface area contributed by atoms with E-state index in [4.69, 9.17) is 5.73 Å². The van der Waals surface area contributed by atoms with E-state index in [1.807, 2.05) is 24.3 Å². The molecule has 5 heteroatoms. The van der Waals surface area contributed by atoms with Crippen molar-refractivity contribution in [3.05, 3.63) is 59.0 Å². The first-order chi connectivity index (χ1) is 9.60. The van der Waals surface area contributed by atoms with Crippen molar-refractivity contribution in [1.82, 2.24) is 10.3 Å². The predicted molar refractivity (Wildman–Crippen MR) is 75.6 cm³/mol. The van der Waals surface area contributed by atoms with Gasteiger partial charge in [0.2, 0.25) is 0 Å². The van der Waals surface area contributed by atoms with E-state index in [1.165, 1.54) is 5.56 Å². The van der Waals surface area contributed by atoms with E-state index in [0.29, 0.717) is 6.54 Å². The molecule has 0 aliphatic carbocycles. The van der Waals surface area contributed by atoms with Gasteiger partial charge in [-0.3, -0.25) is 4.79 Å². The van der Waals surface area contributed by atoms with Crippen LogP contribution in [-0.2, 0) is 13.0 Å². The Morgan fingerprint density at radius 2 is 1.95 bits per heavy atom. The highest BCUT2D eigenvalue weighted by Crippen LogP contribution is 2.10. The summed E-state index contributed by atoms with van der Waals surface area (Å²) in [5, 5.41) is 2.70. The number of rotatable bonds is 4. The maximum Gasteiger partial charge on any atom is 0.255 e. The van der Waals surface area contributed by atoms with Gasteiger partial charge in [0.05, 0.1) is 11.8 Å². The van der Waals surface area contributed by atoms with Crippen molar-refractivity contribution in [2.24, 2.45) is 0 Å². The minimum Gasteiger partial charge on any atom is -0.383 e. The summed E-state index contributed by atoms with van der Waals surface area (Å²) in [6.07, 6.45) is 1.95. The smallest absolute Gasteiger partial charge is 0.255 e. The Morgan fingerprint density at radius 3 is 2.60 bits per heavy atom. The Hall–Kier alpha value is -2.43. The molecule has 1 aromatic carbocycles. The molecule has 0 fully saturated rings. The lowest BCUT2D eigenvalue weighted by Crippen LogP contribution is -2.24. The van der Waals surface area contributed by atoms with Gasteiger partial charge >= 0.3 is 0 Å². The van der Waals surface area contributed by atoms with Crippen molar-refractivity contribution < 1.29 is 9.18 Å². The third-order valence-corrected chi connectivity index (χ3v) is 3.01. The SMILES string of the molecule is CCc1ccc(CNC(=O)c2cc(F)cnc2N)cc1. The number of aromatic nitrogens is 1. The second-order valence-corrected chi connectivity index (χ2v) is 4.44. The van der Waals surface area contributed by atoms with Crippen molar-refractivity contribution in [3.63, 3.8) is 0 Å². The average molecular weight is 273 g/mol. The third kappa shape index (κ3) is 3.32. The number of halogens is 1. The third-order valence-electron chi connectivity index (χ3n) is 3.01. The summed E-state index contributed by atoms with van der Waals surface area (Å²) in [5.74, 6) is -1.00. The van der Waals surface area contributed by atoms with Gasteiger partial charge in [0, 0.05) is 6.54 Å². The summed E-state index contributed by atoms with van der Waals surface area (Å²) in [7, 11) is 0. The maximum absolute atomic E-state index is 13.1. The lowest BCUT2D eigenvalue weighted by molar-refractivity contribution is 0.0951. The van der Waals surface area contributed by atoms with Crippen molar-refractivity contribution in [2.75, 3.05) is 5.73 Å². The van der Waals surface area contributed by atoms with Gasteiger partial charge < -0.3 is 11.1 Å². The Kier molecular flexibility index (Phi) is 4.30. The number of nitrogens with two attached hydrogens (primary N) is 1. The summed E-state index contributed by atoms with van der Waals surface area (Å²) in [4.78, 5) is 15.5. The van der Waals surface area contributed by atoms with E-state index in [2.05, 4.69) is 17.2 Å². The average Bonchev–Trinajstić information content (AvgIpc) is 2.47. The van der Waals surface area contributed by atoms with E-state index in [1.54, 1.807) is 0 Å². The molecular formula is C15H16FN3O. The molecule has 0 aliphatic rings. The van der Waals surface area contributed by atoms with Gasteiger partial charge in [-0.2, -0.15) is 0 Å². The lowest BCUT2D eigenvalue weighted by Gasteiger charge is -2.07. The van der Waals surface area contributed by atoms with Crippen LogP contribution in [0.1, 0.15) is 28.4 Å². The Bertz CT molecular complexity index is 611. The normalized spacial score (nSPS) is 10.3. The van der Waals surface area contributed by atoms with E-state index in [0.717, 1.165) is 24.2 Å². The van der Waals surface area contributed by atoms with Gasteiger partial charge in [-0.25, -0.2) is 9.37 Å². The zero-order chi connectivity index (χ0) is 14.5. The van der Waals surface area contributed by atoms with E-state index in [-0.39, 0.29) is 11.4 Å². The van der Waals surface area contributed by atoms with Crippen LogP contribution in [0.15, 0.2) is 36.5 Å². The molecule has 20 heavy (non-hydrogen) atoms. The zero-order valence-electron chi connectivity index (χ0n) is 11.2. The lowest BCUT2D eigenvalue weighted by atomic mass is 10.1. The molecule has 0 spiro atoms. The van der Waals surface area contributed by atoms with Crippen LogP contribution in [-0.4, -0.2) is 10.9 Å². The van der Waals surface area contributed by atoms with Crippen LogP contribution >= 0.6 is 0 Å². The van der Waals surface area contributed by atoms with E-state index >= 15 is 0 Å². The van der Waals surface area contributed by atoms with Gasteiger partial charge in [-0.15, -0.1) is 0 Å². The first-order valence-corrected chi connectivity index (χ1v) is 6.37. The van der Waals surface area contributed by atoms with Crippen LogP contribution in [0.25, 0.3) is 0 Å². The number of anilines is 1. The van der Waals surface area contributed by atoms with Crippen LogP contribution in [0.5, 0.6) is 0 Å². The van der Waals surface area contributed by atoms with Crippen LogP contribution in [0.4, 0.5) is 10.2 Å². The Morgan fingerprint density at radius 1 is 1.30 bits per heavy atom. The molecular weight excluding hydrogens is 257 g/mol. The Balaban J connectivity index is 2.02. The van der Waals surface area contributed by atoms with Crippen LogP contribution in [0, 0.1) is 5.82 Å². The Labute approximate surface area is 116 Å². The number of carbonyl (C=O) groups is 1. The number of carbonyl (C=O) groups excluding carboxylic acids is 1. The number of pyridine rings is 1. The second kappa shape index (κ2) is 6.14. The summed E-state index contributed by atoms with van der Waals surface area (Å²) >= 11 is 0. The molecule has 2 aromatic rings. The van der Waals surface area contributed by atoms with Gasteiger partial charge in [-0.1, -0.05) is 31.2 Å². The fourth-order valence-corrected chi connectivity index (χ4v) is 1.80. The molecule has 0 aliphatic heterocycles. The fraction of sp³-hybridized carbons (Fsp3) is 0.200. The fourth-order valence-electron chi connectivity index (χ4n) is 1.80. The summed E-state index contributed by atoms with van der Waals surface area (Å²) in [6, 6.07) is 9.01. The molecule has 0 unspecified atom stereocenters. The molecule has 104 valence electrons. The van der Waals surface area contributed by atoms with Crippen LogP contribution < -0.4 is 11.1 Å². The number of nitrogens with one attached hydrogen (secondary N) is 1. The molecule has 1 heterocycles. The highest BCUT2D eigenvalue weighted by molar-refractivity contribution is 5.98. The highest BCUT2D eigenvalue weighted by Gasteiger charge is 2.11. The molecule has 0 atom stereocenters. The highest BCUT2D eigenvalue weighted by atomic mass is 19.1. The number of amides is 1. The molecule has 1 amide bonds. The summed E-state index contributed by atoms with van der Waals surface area (Å²) < 4.78 is 13.1. The van der Waals surface area contributed by atoms with Crippen molar-refractivity contribution in [1.29, 1.82) is 0 Å². The van der Waals surface area contributed by atoms with Crippen molar-refractivity contribution in [2.45, 2.75) is 19.9 Å². The number of aryl methyl sites for hydroxylation is 1. The molecule has 1 aromatic heterocycles. The molecule has 4 nitrogen and oxygen atoms in total. The number of benzene rings is 1. The standard InChI is InChI=1S/C15H16FN3O/c1-2-10-3-5-11(6-4-10)8-19-15(20)13-7-12(16)9-18-14(13)17/h3-7,9H,2,8H2,1H3,(H2,17,18)(H,19,20). The quantitative estimate of drug-likeness (QED) is 0.898. The summed E-state index contributed by atoms with van der Waals surface area (Å²) in [5.41, 5.74) is 7.82. The number of nitrogens with zero attached hydrogens (tertiary/aromatic N) is 1. The minimum atomic E-state index is -0.586. The molecule has 0 radical (unpaired) electrons. The second-order valence-electron chi connectivity index (χ2n) is 4.44. The van der Waals surface area contributed by atoms with Crippen LogP contribution in [0.2, 0.25) is 0 Å². The maximum atomic E-state index is 13.1. The van der Waals surface area contributed by atoms with Gasteiger partial charge in [-0.05, 0) is 23.6 Å². The van der Waals surface area contributed by atoms with Gasteiger partial charge in [0.1, 0.15) is 11.6 Å². The molecule has 0 bridgehead atoms. The van der Waals surface area contributed by atoms with E-state index < -0.39 is 11.7 Å². The molecule has 3 N–H and O–H groups in total.